The molecule has 0 bridgehead atoms. The first kappa shape index (κ1) is 11.2. The lowest BCUT2D eigenvalue weighted by atomic mass is 10.2. The summed E-state index contributed by atoms with van der Waals surface area (Å²) in [7, 11) is 1.73. The van der Waals surface area contributed by atoms with Crippen LogP contribution in [-0.2, 0) is 11.8 Å². The number of nitriles is 1. The van der Waals surface area contributed by atoms with Crippen molar-refractivity contribution in [2.75, 3.05) is 0 Å². The maximum atomic E-state index is 11.5. The van der Waals surface area contributed by atoms with Gasteiger partial charge in [0.1, 0.15) is 6.10 Å². The number of carbonyl (C=O) groups excluding carboxylic acids is 1. The van der Waals surface area contributed by atoms with Crippen molar-refractivity contribution in [1.29, 1.82) is 5.26 Å². The summed E-state index contributed by atoms with van der Waals surface area (Å²) in [4.78, 5) is 11.5. The molecular weight excluding hydrogens is 194 g/mol. The molecule has 1 atom stereocenters. The van der Waals surface area contributed by atoms with E-state index in [1.54, 1.807) is 13.2 Å². The Morgan fingerprint density at radius 2 is 2.53 bits per heavy atom. The summed E-state index contributed by atoms with van der Waals surface area (Å²) < 4.78 is 6.65. The third-order valence-corrected chi connectivity index (χ3v) is 1.99. The van der Waals surface area contributed by atoms with E-state index >= 15 is 0 Å². The number of hydrogen-bond donors (Lipinski definition) is 0. The van der Waals surface area contributed by atoms with Gasteiger partial charge in [-0.25, -0.2) is 4.79 Å². The van der Waals surface area contributed by atoms with E-state index in [2.05, 4.69) is 5.10 Å². The van der Waals surface area contributed by atoms with E-state index in [1.807, 2.05) is 13.0 Å². The van der Waals surface area contributed by atoms with Crippen LogP contribution in [0, 0.1) is 11.3 Å². The number of nitrogens with zero attached hydrogens (tertiary/aromatic N) is 3. The molecule has 0 aliphatic carbocycles. The van der Waals surface area contributed by atoms with Gasteiger partial charge in [0.05, 0.1) is 24.3 Å². The summed E-state index contributed by atoms with van der Waals surface area (Å²) in [5.41, 5.74) is 0.411. The Bertz CT molecular complexity index is 378. The van der Waals surface area contributed by atoms with Crippen LogP contribution in [0.5, 0.6) is 0 Å². The van der Waals surface area contributed by atoms with E-state index < -0.39 is 5.97 Å². The van der Waals surface area contributed by atoms with Gasteiger partial charge < -0.3 is 4.74 Å². The highest BCUT2D eigenvalue weighted by Crippen LogP contribution is 2.07. The number of hydrogen-bond acceptors (Lipinski definition) is 4. The second-order valence-electron chi connectivity index (χ2n) is 3.20. The fraction of sp³-hybridized carbons (Fsp3) is 0.500. The molecule has 80 valence electrons. The molecule has 5 nitrogen and oxygen atoms in total. The van der Waals surface area contributed by atoms with Gasteiger partial charge in [0.2, 0.25) is 0 Å². The van der Waals surface area contributed by atoms with Crippen LogP contribution in [0.1, 0.15) is 30.1 Å². The molecule has 0 saturated heterocycles. The number of aryl methyl sites for hydroxylation is 1. The first-order chi connectivity index (χ1) is 7.17. The van der Waals surface area contributed by atoms with Crippen molar-refractivity contribution >= 4 is 5.97 Å². The topological polar surface area (TPSA) is 67.9 Å². The Balaban J connectivity index is 2.59. The minimum Gasteiger partial charge on any atom is -0.458 e. The smallest absolute Gasteiger partial charge is 0.341 e. The molecule has 0 aliphatic rings. The minimum absolute atomic E-state index is 0.225. The molecular formula is C10H13N3O2. The maximum absolute atomic E-state index is 11.5. The highest BCUT2D eigenvalue weighted by Gasteiger charge is 2.15. The van der Waals surface area contributed by atoms with Crippen molar-refractivity contribution in [2.45, 2.75) is 25.9 Å². The van der Waals surface area contributed by atoms with Gasteiger partial charge in [0.15, 0.2) is 0 Å². The molecule has 0 unspecified atom stereocenters. The number of rotatable bonds is 4. The fourth-order valence-corrected chi connectivity index (χ4v) is 1.12. The van der Waals surface area contributed by atoms with Crippen LogP contribution in [0.25, 0.3) is 0 Å². The van der Waals surface area contributed by atoms with Gasteiger partial charge in [-0.05, 0) is 6.42 Å². The van der Waals surface area contributed by atoms with E-state index in [0.29, 0.717) is 12.0 Å². The minimum atomic E-state index is -0.426. The lowest BCUT2D eigenvalue weighted by Gasteiger charge is -2.11. The second kappa shape index (κ2) is 5.15. The molecule has 1 aromatic heterocycles. The fourth-order valence-electron chi connectivity index (χ4n) is 1.12. The van der Waals surface area contributed by atoms with Crippen LogP contribution in [0.3, 0.4) is 0 Å². The quantitative estimate of drug-likeness (QED) is 0.697. The number of carbonyl (C=O) groups is 1. The van der Waals surface area contributed by atoms with Crippen molar-refractivity contribution in [3.8, 4) is 6.07 Å². The molecule has 5 heteroatoms. The predicted octanol–water partition coefficient (Wildman–Crippen LogP) is 1.27. The normalized spacial score (nSPS) is 11.8. The number of esters is 1. The second-order valence-corrected chi connectivity index (χ2v) is 3.20. The van der Waals surface area contributed by atoms with E-state index in [-0.39, 0.29) is 12.5 Å². The third kappa shape index (κ3) is 3.09. The Morgan fingerprint density at radius 1 is 1.80 bits per heavy atom. The van der Waals surface area contributed by atoms with Gasteiger partial charge >= 0.3 is 5.97 Å². The molecule has 1 heterocycles. The largest absolute Gasteiger partial charge is 0.458 e. The molecule has 0 saturated carbocycles. The van der Waals surface area contributed by atoms with Crippen molar-refractivity contribution in [3.63, 3.8) is 0 Å². The van der Waals surface area contributed by atoms with Crippen molar-refractivity contribution < 1.29 is 9.53 Å². The Kier molecular flexibility index (Phi) is 3.86. The lowest BCUT2D eigenvalue weighted by Crippen LogP contribution is -2.16. The van der Waals surface area contributed by atoms with Crippen LogP contribution in [0.4, 0.5) is 0 Å². The molecule has 0 aliphatic heterocycles. The molecule has 0 N–H and O–H groups in total. The van der Waals surface area contributed by atoms with Gasteiger partial charge in [0, 0.05) is 13.2 Å². The zero-order valence-corrected chi connectivity index (χ0v) is 8.80. The van der Waals surface area contributed by atoms with Crippen LogP contribution in [0.15, 0.2) is 12.4 Å². The van der Waals surface area contributed by atoms with Crippen molar-refractivity contribution in [2.24, 2.45) is 7.05 Å². The van der Waals surface area contributed by atoms with Crippen molar-refractivity contribution in [3.05, 3.63) is 18.0 Å². The highest BCUT2D eigenvalue weighted by atomic mass is 16.5. The molecule has 0 spiro atoms. The van der Waals surface area contributed by atoms with E-state index in [9.17, 15) is 4.79 Å². The summed E-state index contributed by atoms with van der Waals surface area (Å²) in [6.45, 7) is 1.87. The van der Waals surface area contributed by atoms with Crippen LogP contribution < -0.4 is 0 Å². The highest BCUT2D eigenvalue weighted by molar-refractivity contribution is 5.88. The zero-order chi connectivity index (χ0) is 11.3. The first-order valence-electron chi connectivity index (χ1n) is 4.74. The van der Waals surface area contributed by atoms with Gasteiger partial charge in [-0.15, -0.1) is 0 Å². The Labute approximate surface area is 88.3 Å². The van der Waals surface area contributed by atoms with E-state index in [1.165, 1.54) is 10.9 Å². The average molecular weight is 207 g/mol. The number of aromatic nitrogens is 2. The maximum Gasteiger partial charge on any atom is 0.341 e. The van der Waals surface area contributed by atoms with E-state index in [0.717, 1.165) is 0 Å². The molecule has 1 rings (SSSR count). The lowest BCUT2D eigenvalue weighted by molar-refractivity contribution is 0.0303. The SMILES string of the molecule is CC[C@@H](CC#N)OC(=O)c1cnn(C)c1. The molecule has 1 aromatic rings. The van der Waals surface area contributed by atoms with Crippen LogP contribution in [-0.4, -0.2) is 21.9 Å². The van der Waals surface area contributed by atoms with Gasteiger partial charge in [-0.1, -0.05) is 6.92 Å². The number of ether oxygens (including phenoxy) is 1. The van der Waals surface area contributed by atoms with Gasteiger partial charge in [-0.2, -0.15) is 10.4 Å². The average Bonchev–Trinajstić information content (AvgIpc) is 2.64. The molecule has 0 fully saturated rings. The zero-order valence-electron chi connectivity index (χ0n) is 8.80. The first-order valence-corrected chi connectivity index (χ1v) is 4.74. The standard InChI is InChI=1S/C10H13N3O2/c1-3-9(4-5-11)15-10(14)8-6-12-13(2)7-8/h6-7,9H,3-4H2,1-2H3/t9-/m0/s1. The Morgan fingerprint density at radius 3 is 3.00 bits per heavy atom. The predicted molar refractivity (Wildman–Crippen MR) is 52.9 cm³/mol. The molecule has 15 heavy (non-hydrogen) atoms. The van der Waals surface area contributed by atoms with Crippen LogP contribution in [0.2, 0.25) is 0 Å². The third-order valence-electron chi connectivity index (χ3n) is 1.99. The summed E-state index contributed by atoms with van der Waals surface area (Å²) in [5.74, 6) is -0.426. The van der Waals surface area contributed by atoms with Crippen molar-refractivity contribution in [1.82, 2.24) is 9.78 Å². The molecule has 0 aromatic carbocycles. The summed E-state index contributed by atoms with van der Waals surface area (Å²) in [6, 6.07) is 1.98. The van der Waals surface area contributed by atoms with Crippen LogP contribution >= 0.6 is 0 Å². The molecule has 0 radical (unpaired) electrons. The van der Waals surface area contributed by atoms with Gasteiger partial charge in [-0.3, -0.25) is 4.68 Å². The summed E-state index contributed by atoms with van der Waals surface area (Å²) in [6.07, 6.45) is 3.56. The van der Waals surface area contributed by atoms with Gasteiger partial charge in [0.25, 0.3) is 0 Å². The van der Waals surface area contributed by atoms with E-state index in [4.69, 9.17) is 10.00 Å². The monoisotopic (exact) mass is 207 g/mol. The summed E-state index contributed by atoms with van der Waals surface area (Å²) in [5, 5.41) is 12.4. The molecule has 0 amide bonds. The summed E-state index contributed by atoms with van der Waals surface area (Å²) >= 11 is 0. The Hall–Kier alpha value is -1.83.